The normalized spacial score (nSPS) is 43.4. The van der Waals surface area contributed by atoms with Crippen LogP contribution in [-0.4, -0.2) is 40.1 Å². The van der Waals surface area contributed by atoms with Gasteiger partial charge in [-0.3, -0.25) is 4.90 Å². The zero-order valence-corrected chi connectivity index (χ0v) is 10.2. The lowest BCUT2D eigenvalue weighted by atomic mass is 9.90. The molecule has 1 aliphatic carbocycles. The highest BCUT2D eigenvalue weighted by Crippen LogP contribution is 2.43. The molecule has 0 N–H and O–H groups in total. The van der Waals surface area contributed by atoms with Gasteiger partial charge in [-0.15, -0.1) is 0 Å². The summed E-state index contributed by atoms with van der Waals surface area (Å²) in [6.45, 7) is 2.53. The number of hydrogen-bond donors (Lipinski definition) is 0. The van der Waals surface area contributed by atoms with Crippen molar-refractivity contribution in [2.45, 2.75) is 44.6 Å². The fourth-order valence-electron chi connectivity index (χ4n) is 3.60. The molecule has 15 heavy (non-hydrogen) atoms. The van der Waals surface area contributed by atoms with Crippen LogP contribution in [0.1, 0.15) is 38.5 Å². The topological polar surface area (TPSA) is 26.3 Å². The van der Waals surface area contributed by atoms with Crippen LogP contribution in [0.4, 0.5) is 0 Å². The van der Waals surface area contributed by atoms with E-state index in [4.69, 9.17) is 0 Å². The first-order chi connectivity index (χ1) is 7.27. The Kier molecular flexibility index (Phi) is 2.74. The summed E-state index contributed by atoms with van der Waals surface area (Å²) < 4.78 is 11.2. The average Bonchev–Trinajstić information content (AvgIpc) is 2.64. The van der Waals surface area contributed by atoms with Gasteiger partial charge in [-0.05, 0) is 25.8 Å². The van der Waals surface area contributed by atoms with Gasteiger partial charge in [0.25, 0.3) is 0 Å². The second kappa shape index (κ2) is 3.94. The van der Waals surface area contributed by atoms with Gasteiger partial charge in [-0.2, -0.15) is 0 Å². The van der Waals surface area contributed by atoms with E-state index in [9.17, 15) is 4.55 Å². The highest BCUT2D eigenvalue weighted by molar-refractivity contribution is 7.92. The van der Waals surface area contributed by atoms with Crippen LogP contribution >= 0.6 is 0 Å². The van der Waals surface area contributed by atoms with Crippen molar-refractivity contribution >= 4 is 11.2 Å². The van der Waals surface area contributed by atoms with E-state index in [0.717, 1.165) is 17.5 Å². The minimum atomic E-state index is -0.468. The van der Waals surface area contributed by atoms with Crippen LogP contribution in [0.5, 0.6) is 0 Å². The highest BCUT2D eigenvalue weighted by Gasteiger charge is 2.53. The third-order valence-electron chi connectivity index (χ3n) is 4.49. The molecule has 3 fully saturated rings. The molecule has 3 aliphatic rings. The minimum Gasteiger partial charge on any atom is -0.616 e. The van der Waals surface area contributed by atoms with Crippen molar-refractivity contribution in [3.63, 3.8) is 0 Å². The van der Waals surface area contributed by atoms with E-state index < -0.39 is 11.2 Å². The van der Waals surface area contributed by atoms with Crippen molar-refractivity contribution in [3.05, 3.63) is 0 Å². The van der Waals surface area contributed by atoms with Gasteiger partial charge in [-0.1, -0.05) is 30.4 Å². The molecule has 0 radical (unpaired) electrons. The summed E-state index contributed by atoms with van der Waals surface area (Å²) in [6, 6.07) is 0.868. The van der Waals surface area contributed by atoms with Crippen molar-refractivity contribution < 1.29 is 4.55 Å². The van der Waals surface area contributed by atoms with E-state index in [1.165, 1.54) is 51.6 Å². The van der Waals surface area contributed by atoms with Crippen molar-refractivity contribution in [2.24, 2.45) is 5.41 Å². The summed E-state index contributed by atoms with van der Waals surface area (Å²) in [5.74, 6) is 1.99. The lowest BCUT2D eigenvalue weighted by Crippen LogP contribution is -2.51. The van der Waals surface area contributed by atoms with Gasteiger partial charge in [0.1, 0.15) is 11.5 Å². The number of nitrogens with zero attached hydrogens (tertiary/aromatic N) is 1. The maximum absolute atomic E-state index is 11.2. The third-order valence-corrected chi connectivity index (χ3v) is 6.36. The summed E-state index contributed by atoms with van der Waals surface area (Å²) in [5, 5.41) is 0. The van der Waals surface area contributed by atoms with Crippen LogP contribution < -0.4 is 0 Å². The molecule has 86 valence electrons. The number of rotatable bonds is 1. The summed E-state index contributed by atoms with van der Waals surface area (Å²) in [6.07, 6.45) is 8.45. The molecule has 0 unspecified atom stereocenters. The number of likely N-dealkylation sites (tertiary alicyclic amines) is 1. The van der Waals surface area contributed by atoms with Crippen LogP contribution in [0, 0.1) is 5.41 Å². The first-order valence-corrected chi connectivity index (χ1v) is 7.85. The fraction of sp³-hybridized carbons (Fsp3) is 1.00. The zero-order chi connectivity index (χ0) is 10.3. The summed E-state index contributed by atoms with van der Waals surface area (Å²) in [5.41, 5.74) is 0.488. The van der Waals surface area contributed by atoms with E-state index in [2.05, 4.69) is 4.90 Å². The molecule has 2 aliphatic heterocycles. The standard InChI is InChI=1S/C12H21NOS/c14-15-9-12(10-15)6-7-13(8-12)11-4-2-1-3-5-11/h11H,1-10H2. The average molecular weight is 227 g/mol. The van der Waals surface area contributed by atoms with E-state index >= 15 is 0 Å². The first-order valence-electron chi connectivity index (χ1n) is 6.37. The summed E-state index contributed by atoms with van der Waals surface area (Å²) >= 11 is -0.468. The molecular weight excluding hydrogens is 206 g/mol. The molecule has 2 saturated heterocycles. The van der Waals surface area contributed by atoms with Crippen molar-refractivity contribution in [2.75, 3.05) is 24.6 Å². The maximum atomic E-state index is 11.2. The van der Waals surface area contributed by atoms with Crippen LogP contribution in [0.2, 0.25) is 0 Å². The smallest absolute Gasteiger partial charge is 0.117 e. The SMILES string of the molecule is [O-][S+]1CC2(CCN(C3CCCCC3)C2)C1. The van der Waals surface area contributed by atoms with Crippen LogP contribution in [0.3, 0.4) is 0 Å². The molecule has 0 aromatic rings. The van der Waals surface area contributed by atoms with E-state index in [1.54, 1.807) is 0 Å². The predicted molar refractivity (Wildman–Crippen MR) is 63.4 cm³/mol. The molecule has 0 amide bonds. The van der Waals surface area contributed by atoms with E-state index in [1.807, 2.05) is 0 Å². The second-order valence-electron chi connectivity index (χ2n) is 5.74. The fourth-order valence-corrected chi connectivity index (χ4v) is 5.36. The predicted octanol–water partition coefficient (Wildman–Crippen LogP) is 1.77. The Hall–Kier alpha value is 0.270. The molecule has 0 aromatic carbocycles. The molecule has 3 heteroatoms. The molecule has 3 rings (SSSR count). The largest absolute Gasteiger partial charge is 0.616 e. The van der Waals surface area contributed by atoms with Gasteiger partial charge in [0.2, 0.25) is 0 Å². The van der Waals surface area contributed by atoms with Crippen molar-refractivity contribution in [1.29, 1.82) is 0 Å². The zero-order valence-electron chi connectivity index (χ0n) is 9.41. The molecule has 0 aromatic heterocycles. The van der Waals surface area contributed by atoms with Crippen LogP contribution in [-0.2, 0) is 11.2 Å². The Bertz CT molecular complexity index is 234. The van der Waals surface area contributed by atoms with Gasteiger partial charge in [-0.25, -0.2) is 0 Å². The highest BCUT2D eigenvalue weighted by atomic mass is 32.2. The molecule has 0 bridgehead atoms. The van der Waals surface area contributed by atoms with Crippen LogP contribution in [0.25, 0.3) is 0 Å². The minimum absolute atomic E-state index is 0.468. The maximum Gasteiger partial charge on any atom is 0.117 e. The van der Waals surface area contributed by atoms with Crippen molar-refractivity contribution in [3.8, 4) is 0 Å². The second-order valence-corrected chi connectivity index (χ2v) is 7.20. The lowest BCUT2D eigenvalue weighted by molar-refractivity contribution is 0.172. The molecule has 0 atom stereocenters. The Morgan fingerprint density at radius 2 is 1.87 bits per heavy atom. The first kappa shape index (κ1) is 10.4. The molecule has 1 saturated carbocycles. The number of hydrogen-bond acceptors (Lipinski definition) is 2. The molecule has 2 heterocycles. The Morgan fingerprint density at radius 3 is 2.53 bits per heavy atom. The summed E-state index contributed by atoms with van der Waals surface area (Å²) in [7, 11) is 0. The Labute approximate surface area is 95.6 Å². The summed E-state index contributed by atoms with van der Waals surface area (Å²) in [4.78, 5) is 2.70. The monoisotopic (exact) mass is 227 g/mol. The van der Waals surface area contributed by atoms with Gasteiger partial charge >= 0.3 is 0 Å². The van der Waals surface area contributed by atoms with E-state index in [0.29, 0.717) is 5.41 Å². The van der Waals surface area contributed by atoms with Crippen molar-refractivity contribution in [1.82, 2.24) is 4.90 Å². The van der Waals surface area contributed by atoms with Gasteiger partial charge < -0.3 is 4.55 Å². The molecule has 2 nitrogen and oxygen atoms in total. The van der Waals surface area contributed by atoms with Gasteiger partial charge in [0, 0.05) is 12.6 Å². The van der Waals surface area contributed by atoms with Gasteiger partial charge in [0.05, 0.1) is 5.41 Å². The molecule has 1 spiro atoms. The lowest BCUT2D eigenvalue weighted by Gasteiger charge is -2.40. The van der Waals surface area contributed by atoms with E-state index in [-0.39, 0.29) is 0 Å². The van der Waals surface area contributed by atoms with Crippen LogP contribution in [0.15, 0.2) is 0 Å². The Morgan fingerprint density at radius 1 is 1.13 bits per heavy atom. The third kappa shape index (κ3) is 1.94. The van der Waals surface area contributed by atoms with Gasteiger partial charge in [0.15, 0.2) is 0 Å². The quantitative estimate of drug-likeness (QED) is 0.638. The molecular formula is C12H21NOS. The Balaban J connectivity index is 1.56.